The first kappa shape index (κ1) is 8.50. The molecule has 0 spiro atoms. The van der Waals surface area contributed by atoms with E-state index in [-0.39, 0.29) is 6.61 Å². The fourth-order valence-electron chi connectivity index (χ4n) is 0.948. The lowest BCUT2D eigenvalue weighted by Crippen LogP contribution is -1.88. The van der Waals surface area contributed by atoms with Crippen LogP contribution in [-0.2, 0) is 6.61 Å². The first-order chi connectivity index (χ1) is 5.29. The van der Waals surface area contributed by atoms with Crippen molar-refractivity contribution in [3.63, 3.8) is 0 Å². The maximum Gasteiger partial charge on any atom is 0.0688 e. The summed E-state index contributed by atoms with van der Waals surface area (Å²) in [5.74, 6) is 0. The molecule has 0 aromatic heterocycles. The van der Waals surface area contributed by atoms with Crippen LogP contribution >= 0.6 is 15.9 Å². The molecule has 11 heavy (non-hydrogen) atoms. The van der Waals surface area contributed by atoms with Crippen molar-refractivity contribution in [3.05, 3.63) is 40.4 Å². The van der Waals surface area contributed by atoms with Gasteiger partial charge in [-0.2, -0.15) is 0 Å². The minimum Gasteiger partial charge on any atom is -0.392 e. The van der Waals surface area contributed by atoms with Crippen molar-refractivity contribution in [1.29, 1.82) is 0 Å². The summed E-state index contributed by atoms with van der Waals surface area (Å²) in [5, 5.41) is 8.91. The second-order valence-electron chi connectivity index (χ2n) is 2.17. The van der Waals surface area contributed by atoms with Gasteiger partial charge in [0.1, 0.15) is 0 Å². The first-order valence-electron chi connectivity index (χ1n) is 3.30. The summed E-state index contributed by atoms with van der Waals surface area (Å²) < 4.78 is 0.971. The third-order valence-corrected chi connectivity index (χ3v) is 2.21. The Morgan fingerprint density at radius 3 is 2.73 bits per heavy atom. The standard InChI is InChI=1S/C9H9BrO/c1-2-8-7(6-11)4-3-5-9(8)10/h2-5,11H,1,6H2. The molecule has 0 saturated heterocycles. The average Bonchev–Trinajstić information content (AvgIpc) is 2.04. The molecule has 0 fully saturated rings. The smallest absolute Gasteiger partial charge is 0.0688 e. The highest BCUT2D eigenvalue weighted by Crippen LogP contribution is 2.21. The zero-order valence-corrected chi connectivity index (χ0v) is 7.63. The van der Waals surface area contributed by atoms with Gasteiger partial charge in [-0.3, -0.25) is 0 Å². The Labute approximate surface area is 74.5 Å². The Bertz CT molecular complexity index is 268. The van der Waals surface area contributed by atoms with Crippen molar-refractivity contribution >= 4 is 22.0 Å². The molecule has 0 amide bonds. The van der Waals surface area contributed by atoms with Crippen LogP contribution in [0, 0.1) is 0 Å². The van der Waals surface area contributed by atoms with Crippen LogP contribution in [0.4, 0.5) is 0 Å². The molecule has 1 nitrogen and oxygen atoms in total. The van der Waals surface area contributed by atoms with Gasteiger partial charge in [0.15, 0.2) is 0 Å². The molecule has 58 valence electrons. The van der Waals surface area contributed by atoms with Gasteiger partial charge in [-0.05, 0) is 17.2 Å². The number of hydrogen-bond acceptors (Lipinski definition) is 1. The lowest BCUT2D eigenvalue weighted by atomic mass is 10.1. The van der Waals surface area contributed by atoms with Gasteiger partial charge in [0.25, 0.3) is 0 Å². The number of hydrogen-bond donors (Lipinski definition) is 1. The van der Waals surface area contributed by atoms with Gasteiger partial charge >= 0.3 is 0 Å². The number of aliphatic hydroxyl groups is 1. The van der Waals surface area contributed by atoms with Gasteiger partial charge in [0, 0.05) is 4.47 Å². The fraction of sp³-hybridized carbons (Fsp3) is 0.111. The molecule has 0 unspecified atom stereocenters. The highest BCUT2D eigenvalue weighted by molar-refractivity contribution is 9.10. The van der Waals surface area contributed by atoms with Crippen molar-refractivity contribution in [2.45, 2.75) is 6.61 Å². The predicted molar refractivity (Wildman–Crippen MR) is 50.2 cm³/mol. The summed E-state index contributed by atoms with van der Waals surface area (Å²) in [4.78, 5) is 0. The van der Waals surface area contributed by atoms with Gasteiger partial charge in [-0.25, -0.2) is 0 Å². The van der Waals surface area contributed by atoms with Gasteiger partial charge < -0.3 is 5.11 Å². The summed E-state index contributed by atoms with van der Waals surface area (Å²) in [6, 6.07) is 5.70. The topological polar surface area (TPSA) is 20.2 Å². The molecule has 2 heteroatoms. The number of benzene rings is 1. The Balaban J connectivity index is 3.24. The monoisotopic (exact) mass is 212 g/mol. The first-order valence-corrected chi connectivity index (χ1v) is 4.09. The van der Waals surface area contributed by atoms with Crippen LogP contribution in [0.1, 0.15) is 11.1 Å². The van der Waals surface area contributed by atoms with Crippen LogP contribution < -0.4 is 0 Å². The van der Waals surface area contributed by atoms with Gasteiger partial charge in [-0.1, -0.05) is 40.7 Å². The van der Waals surface area contributed by atoms with Gasteiger partial charge in [0.05, 0.1) is 6.61 Å². The highest BCUT2D eigenvalue weighted by Gasteiger charge is 2.00. The quantitative estimate of drug-likeness (QED) is 0.800. The van der Waals surface area contributed by atoms with Crippen LogP contribution in [0.3, 0.4) is 0 Å². The SMILES string of the molecule is C=Cc1c(Br)cccc1CO. The molecule has 0 saturated carbocycles. The molecule has 0 atom stereocenters. The number of rotatable bonds is 2. The van der Waals surface area contributed by atoms with E-state index in [1.54, 1.807) is 6.08 Å². The number of halogens is 1. The van der Waals surface area contributed by atoms with E-state index in [1.165, 1.54) is 0 Å². The molecular weight excluding hydrogens is 204 g/mol. The molecule has 0 aliphatic heterocycles. The molecule has 1 aromatic rings. The molecule has 0 aliphatic rings. The van der Waals surface area contributed by atoms with E-state index < -0.39 is 0 Å². The van der Waals surface area contributed by atoms with Gasteiger partial charge in [0.2, 0.25) is 0 Å². The third-order valence-electron chi connectivity index (χ3n) is 1.52. The minimum absolute atomic E-state index is 0.0563. The van der Waals surface area contributed by atoms with Crippen molar-refractivity contribution in [2.24, 2.45) is 0 Å². The van der Waals surface area contributed by atoms with E-state index in [0.29, 0.717) is 0 Å². The van der Waals surface area contributed by atoms with Gasteiger partial charge in [-0.15, -0.1) is 0 Å². The molecule has 1 N–H and O–H groups in total. The summed E-state index contributed by atoms with van der Waals surface area (Å²) in [6.45, 7) is 3.72. The normalized spacial score (nSPS) is 9.64. The van der Waals surface area contributed by atoms with E-state index >= 15 is 0 Å². The van der Waals surface area contributed by atoms with Crippen molar-refractivity contribution in [2.75, 3.05) is 0 Å². The number of aliphatic hydroxyl groups excluding tert-OH is 1. The molecule has 1 aromatic carbocycles. The van der Waals surface area contributed by atoms with Crippen LogP contribution in [-0.4, -0.2) is 5.11 Å². The van der Waals surface area contributed by atoms with Crippen LogP contribution in [0.2, 0.25) is 0 Å². The molecule has 0 radical (unpaired) electrons. The third kappa shape index (κ3) is 1.70. The maximum atomic E-state index is 8.91. The fourth-order valence-corrected chi connectivity index (χ4v) is 1.52. The van der Waals surface area contributed by atoms with Crippen LogP contribution in [0.15, 0.2) is 29.3 Å². The van der Waals surface area contributed by atoms with Crippen LogP contribution in [0.5, 0.6) is 0 Å². The molecule has 0 aliphatic carbocycles. The lowest BCUT2D eigenvalue weighted by Gasteiger charge is -2.03. The Hall–Kier alpha value is -0.600. The zero-order chi connectivity index (χ0) is 8.27. The second kappa shape index (κ2) is 3.69. The highest BCUT2D eigenvalue weighted by atomic mass is 79.9. The summed E-state index contributed by atoms with van der Waals surface area (Å²) in [7, 11) is 0. The zero-order valence-electron chi connectivity index (χ0n) is 6.05. The lowest BCUT2D eigenvalue weighted by molar-refractivity contribution is 0.281. The Morgan fingerprint density at radius 1 is 1.55 bits per heavy atom. The van der Waals surface area contributed by atoms with Crippen molar-refractivity contribution < 1.29 is 5.11 Å². The molecular formula is C9H9BrO. The average molecular weight is 213 g/mol. The summed E-state index contributed by atoms with van der Waals surface area (Å²) in [5.41, 5.74) is 1.87. The van der Waals surface area contributed by atoms with E-state index in [0.717, 1.165) is 15.6 Å². The predicted octanol–water partition coefficient (Wildman–Crippen LogP) is 2.58. The molecule has 0 bridgehead atoms. The summed E-state index contributed by atoms with van der Waals surface area (Å²) >= 11 is 3.37. The van der Waals surface area contributed by atoms with E-state index in [2.05, 4.69) is 22.5 Å². The van der Waals surface area contributed by atoms with Crippen molar-refractivity contribution in [3.8, 4) is 0 Å². The van der Waals surface area contributed by atoms with Crippen molar-refractivity contribution in [1.82, 2.24) is 0 Å². The maximum absolute atomic E-state index is 8.91. The Morgan fingerprint density at radius 2 is 2.27 bits per heavy atom. The molecule has 0 heterocycles. The van der Waals surface area contributed by atoms with E-state index in [4.69, 9.17) is 5.11 Å². The molecule has 1 rings (SSSR count). The van der Waals surface area contributed by atoms with Crippen LogP contribution in [0.25, 0.3) is 6.08 Å². The largest absolute Gasteiger partial charge is 0.392 e. The summed E-state index contributed by atoms with van der Waals surface area (Å²) in [6.07, 6.45) is 1.73. The minimum atomic E-state index is 0.0563. The van der Waals surface area contributed by atoms with E-state index in [9.17, 15) is 0 Å². The van der Waals surface area contributed by atoms with E-state index in [1.807, 2.05) is 18.2 Å². The Kier molecular flexibility index (Phi) is 2.85. The second-order valence-corrected chi connectivity index (χ2v) is 3.03.